The molecule has 0 heterocycles. The van der Waals surface area contributed by atoms with Crippen molar-refractivity contribution in [3.05, 3.63) is 0 Å². The van der Waals surface area contributed by atoms with Crippen LogP contribution in [0.15, 0.2) is 0 Å². The number of hydrogen-bond donors (Lipinski definition) is 5. The third-order valence-corrected chi connectivity index (χ3v) is 2.73. The Kier molecular flexibility index (Phi) is 8.16. The number of amides is 1. The van der Waals surface area contributed by atoms with E-state index in [9.17, 15) is 34.8 Å². The molecule has 0 aliphatic rings. The second-order valence-electron chi connectivity index (χ2n) is 4.73. The predicted octanol–water partition coefficient (Wildman–Crippen LogP) is -2.64. The first-order valence-corrected chi connectivity index (χ1v) is 6.15. The molecule has 1 amide bonds. The lowest BCUT2D eigenvalue weighted by Crippen LogP contribution is -2.50. The lowest BCUT2D eigenvalue weighted by Gasteiger charge is -2.25. The number of carbonyl (C=O) groups is 3. The van der Waals surface area contributed by atoms with Crippen LogP contribution in [0.25, 0.3) is 0 Å². The number of nitrogens with one attached hydrogen (secondary N) is 1. The number of hydrogen-bond acceptors (Lipinski definition) is 7. The minimum atomic E-state index is -1.85. The molecule has 8 nitrogen and oxygen atoms in total. The summed E-state index contributed by atoms with van der Waals surface area (Å²) in [6, 6.07) is 0. The van der Waals surface area contributed by atoms with Crippen molar-refractivity contribution in [1.82, 2.24) is 5.32 Å². The van der Waals surface area contributed by atoms with Crippen LogP contribution in [0.1, 0.15) is 20.3 Å². The standard InChI is InChI=1S/C12H21NO7/c1-6(5-14)3-9(17)13-4-8(16)11(19)12(20)10(18)7(2)15/h5-6,8,10-12,16,18-20H,3-4H2,1-2H3,(H,13,17). The van der Waals surface area contributed by atoms with Crippen molar-refractivity contribution in [2.75, 3.05) is 6.54 Å². The molecule has 5 unspecified atom stereocenters. The van der Waals surface area contributed by atoms with E-state index in [0.29, 0.717) is 6.29 Å². The Morgan fingerprint density at radius 1 is 1.15 bits per heavy atom. The molecule has 0 rings (SSSR count). The highest BCUT2D eigenvalue weighted by Gasteiger charge is 2.32. The molecule has 5 N–H and O–H groups in total. The van der Waals surface area contributed by atoms with Gasteiger partial charge in [-0.2, -0.15) is 0 Å². The monoisotopic (exact) mass is 291 g/mol. The predicted molar refractivity (Wildman–Crippen MR) is 67.6 cm³/mol. The van der Waals surface area contributed by atoms with Crippen molar-refractivity contribution in [2.45, 2.75) is 44.7 Å². The Bertz CT molecular complexity index is 347. The Hall–Kier alpha value is -1.35. The van der Waals surface area contributed by atoms with Gasteiger partial charge in [-0.3, -0.25) is 9.59 Å². The lowest BCUT2D eigenvalue weighted by molar-refractivity contribution is -0.143. The molecule has 116 valence electrons. The Morgan fingerprint density at radius 2 is 1.70 bits per heavy atom. The van der Waals surface area contributed by atoms with E-state index in [1.165, 1.54) is 0 Å². The van der Waals surface area contributed by atoms with Gasteiger partial charge in [-0.15, -0.1) is 0 Å². The second-order valence-corrected chi connectivity index (χ2v) is 4.73. The van der Waals surface area contributed by atoms with Gasteiger partial charge in [0.05, 0.1) is 6.10 Å². The average Bonchev–Trinajstić information content (AvgIpc) is 2.41. The van der Waals surface area contributed by atoms with Crippen molar-refractivity contribution in [2.24, 2.45) is 5.92 Å². The molecule has 0 aromatic rings. The van der Waals surface area contributed by atoms with Crippen LogP contribution in [0.3, 0.4) is 0 Å². The van der Waals surface area contributed by atoms with Crippen molar-refractivity contribution in [3.63, 3.8) is 0 Å². The normalized spacial score (nSPS) is 18.5. The van der Waals surface area contributed by atoms with E-state index in [2.05, 4.69) is 5.32 Å². The third-order valence-electron chi connectivity index (χ3n) is 2.73. The van der Waals surface area contributed by atoms with E-state index in [4.69, 9.17) is 0 Å². The van der Waals surface area contributed by atoms with Gasteiger partial charge in [-0.25, -0.2) is 0 Å². The fraction of sp³-hybridized carbons (Fsp3) is 0.750. The van der Waals surface area contributed by atoms with E-state index >= 15 is 0 Å². The molecule has 5 atom stereocenters. The summed E-state index contributed by atoms with van der Waals surface area (Å²) in [5, 5.41) is 40.0. The van der Waals surface area contributed by atoms with Crippen LogP contribution >= 0.6 is 0 Å². The van der Waals surface area contributed by atoms with Crippen LogP contribution in [0.2, 0.25) is 0 Å². The van der Waals surface area contributed by atoms with Gasteiger partial charge in [0.15, 0.2) is 5.78 Å². The molecule has 0 aliphatic carbocycles. The highest BCUT2D eigenvalue weighted by atomic mass is 16.4. The van der Waals surface area contributed by atoms with Gasteiger partial charge in [-0.1, -0.05) is 6.92 Å². The number of aldehydes is 1. The minimum absolute atomic E-state index is 0.0645. The molecule has 0 aliphatic heterocycles. The average molecular weight is 291 g/mol. The summed E-state index contributed by atoms with van der Waals surface area (Å²) in [6.07, 6.45) is -6.48. The van der Waals surface area contributed by atoms with Crippen LogP contribution in [0, 0.1) is 5.92 Å². The summed E-state index contributed by atoms with van der Waals surface area (Å²) >= 11 is 0. The second kappa shape index (κ2) is 8.75. The van der Waals surface area contributed by atoms with Crippen LogP contribution in [0.4, 0.5) is 0 Å². The number of ketones is 1. The first-order valence-electron chi connectivity index (χ1n) is 6.15. The smallest absolute Gasteiger partial charge is 0.220 e. The van der Waals surface area contributed by atoms with Crippen molar-refractivity contribution in [1.29, 1.82) is 0 Å². The maximum absolute atomic E-state index is 11.3. The first-order chi connectivity index (χ1) is 9.20. The van der Waals surface area contributed by atoms with Crippen LogP contribution < -0.4 is 5.32 Å². The SMILES string of the molecule is CC(=O)C(O)C(O)C(O)C(O)CNC(=O)CC(C)C=O. The molecule has 0 aromatic carbocycles. The van der Waals surface area contributed by atoms with Crippen LogP contribution in [-0.4, -0.2) is 69.4 Å². The summed E-state index contributed by atoms with van der Waals surface area (Å²) in [7, 11) is 0. The number of Topliss-reactive ketones (excluding diaryl/α,β-unsaturated/α-hetero) is 1. The molecule has 0 saturated heterocycles. The van der Waals surface area contributed by atoms with Crippen LogP contribution in [-0.2, 0) is 14.4 Å². The van der Waals surface area contributed by atoms with Gasteiger partial charge < -0.3 is 30.5 Å². The molecular weight excluding hydrogens is 270 g/mol. The van der Waals surface area contributed by atoms with Crippen molar-refractivity contribution in [3.8, 4) is 0 Å². The molecule has 20 heavy (non-hydrogen) atoms. The molecular formula is C12H21NO7. The molecule has 0 aromatic heterocycles. The maximum Gasteiger partial charge on any atom is 0.220 e. The Balaban J connectivity index is 4.26. The highest BCUT2D eigenvalue weighted by molar-refractivity contribution is 5.81. The van der Waals surface area contributed by atoms with Crippen molar-refractivity contribution < 1.29 is 34.8 Å². The minimum Gasteiger partial charge on any atom is -0.388 e. The largest absolute Gasteiger partial charge is 0.388 e. The van der Waals surface area contributed by atoms with Gasteiger partial charge in [0.25, 0.3) is 0 Å². The topological polar surface area (TPSA) is 144 Å². The maximum atomic E-state index is 11.3. The zero-order valence-electron chi connectivity index (χ0n) is 11.4. The zero-order chi connectivity index (χ0) is 15.9. The number of rotatable bonds is 9. The van der Waals surface area contributed by atoms with Gasteiger partial charge in [0.2, 0.25) is 5.91 Å². The summed E-state index contributed by atoms with van der Waals surface area (Å²) in [4.78, 5) is 32.5. The van der Waals surface area contributed by atoms with Gasteiger partial charge in [0.1, 0.15) is 24.6 Å². The quantitative estimate of drug-likeness (QED) is 0.292. The van der Waals surface area contributed by atoms with Gasteiger partial charge in [0, 0.05) is 18.9 Å². The molecule has 0 bridgehead atoms. The Labute approximate surface area is 116 Å². The van der Waals surface area contributed by atoms with Crippen molar-refractivity contribution >= 4 is 18.0 Å². The van der Waals surface area contributed by atoms with Crippen LogP contribution in [0.5, 0.6) is 0 Å². The van der Waals surface area contributed by atoms with Gasteiger partial charge >= 0.3 is 0 Å². The van der Waals surface area contributed by atoms with E-state index in [1.54, 1.807) is 6.92 Å². The summed E-state index contributed by atoms with van der Waals surface area (Å²) in [6.45, 7) is 2.19. The highest BCUT2D eigenvalue weighted by Crippen LogP contribution is 2.06. The summed E-state index contributed by atoms with van der Waals surface area (Å²) in [5.74, 6) is -1.73. The fourth-order valence-corrected chi connectivity index (χ4v) is 1.41. The Morgan fingerprint density at radius 3 is 2.15 bits per heavy atom. The molecule has 0 fully saturated rings. The van der Waals surface area contributed by atoms with E-state index in [-0.39, 0.29) is 13.0 Å². The summed E-state index contributed by atoms with van der Waals surface area (Å²) in [5.41, 5.74) is 0. The van der Waals surface area contributed by atoms with E-state index in [1.807, 2.05) is 0 Å². The zero-order valence-corrected chi connectivity index (χ0v) is 11.4. The summed E-state index contributed by atoms with van der Waals surface area (Å²) < 4.78 is 0. The van der Waals surface area contributed by atoms with E-state index < -0.39 is 42.0 Å². The molecule has 0 saturated carbocycles. The molecule has 0 spiro atoms. The number of carbonyl (C=O) groups excluding carboxylic acids is 3. The number of aliphatic hydroxyl groups is 4. The van der Waals surface area contributed by atoms with Gasteiger partial charge in [-0.05, 0) is 6.92 Å². The molecule has 8 heteroatoms. The fourth-order valence-electron chi connectivity index (χ4n) is 1.41. The number of aliphatic hydroxyl groups excluding tert-OH is 4. The first kappa shape index (κ1) is 18.7. The third kappa shape index (κ3) is 6.20. The lowest BCUT2D eigenvalue weighted by atomic mass is 10.0. The van der Waals surface area contributed by atoms with E-state index in [0.717, 1.165) is 6.92 Å². The molecule has 0 radical (unpaired) electrons.